The Balaban J connectivity index is 2.30. The third-order valence-electron chi connectivity index (χ3n) is 4.15. The Labute approximate surface area is 140 Å². The zero-order chi connectivity index (χ0) is 16.9. The Morgan fingerprint density at radius 2 is 1.61 bits per heavy atom. The van der Waals surface area contributed by atoms with Crippen LogP contribution in [0.3, 0.4) is 0 Å². The summed E-state index contributed by atoms with van der Waals surface area (Å²) >= 11 is 0. The Bertz CT molecular complexity index is 472. The van der Waals surface area contributed by atoms with Gasteiger partial charge < -0.3 is 15.1 Å². The number of oxime groups is 1. The highest BCUT2D eigenvalue weighted by Gasteiger charge is 2.11. The molecule has 4 heteroatoms. The van der Waals surface area contributed by atoms with Gasteiger partial charge in [0.05, 0.1) is 12.8 Å². The first kappa shape index (κ1) is 19.3. The van der Waals surface area contributed by atoms with Crippen LogP contribution in [0.2, 0.25) is 0 Å². The fraction of sp³-hybridized carbons (Fsp3) is 0.632. The van der Waals surface area contributed by atoms with Crippen LogP contribution in [0.25, 0.3) is 0 Å². The van der Waals surface area contributed by atoms with Gasteiger partial charge in [-0.3, -0.25) is 0 Å². The Hall–Kier alpha value is -1.71. The predicted molar refractivity (Wildman–Crippen MR) is 94.8 cm³/mol. The van der Waals surface area contributed by atoms with Gasteiger partial charge >= 0.3 is 0 Å². The molecule has 0 unspecified atom stereocenters. The molecule has 0 atom stereocenters. The summed E-state index contributed by atoms with van der Waals surface area (Å²) in [6, 6.07) is 4.96. The quantitative estimate of drug-likeness (QED) is 0.231. The maximum absolute atomic E-state index is 9.93. The van der Waals surface area contributed by atoms with E-state index in [1.165, 1.54) is 44.9 Å². The number of phenolic OH excluding ortho intramolecular Hbond substituents is 1. The van der Waals surface area contributed by atoms with Crippen LogP contribution in [0.1, 0.15) is 76.7 Å². The molecular formula is C19H31NO3. The number of unbranched alkanes of at least 4 members (excludes halogenated alkanes) is 8. The fourth-order valence-electron chi connectivity index (χ4n) is 2.71. The summed E-state index contributed by atoms with van der Waals surface area (Å²) in [7, 11) is 1.58. The molecule has 23 heavy (non-hydrogen) atoms. The second-order valence-electron chi connectivity index (χ2n) is 6.01. The molecule has 0 bridgehead atoms. The molecule has 0 radical (unpaired) electrons. The van der Waals surface area contributed by atoms with Gasteiger partial charge in [0.2, 0.25) is 0 Å². The molecule has 1 rings (SSSR count). The van der Waals surface area contributed by atoms with E-state index in [1.807, 2.05) is 0 Å². The second kappa shape index (κ2) is 11.8. The maximum atomic E-state index is 9.93. The van der Waals surface area contributed by atoms with Gasteiger partial charge in [0.1, 0.15) is 11.5 Å². The number of aromatic hydroxyl groups is 1. The van der Waals surface area contributed by atoms with E-state index in [2.05, 4.69) is 12.1 Å². The topological polar surface area (TPSA) is 62.1 Å². The minimum absolute atomic E-state index is 0.120. The van der Waals surface area contributed by atoms with Crippen LogP contribution >= 0.6 is 0 Å². The molecule has 0 fully saturated rings. The average Bonchev–Trinajstić information content (AvgIpc) is 2.58. The summed E-state index contributed by atoms with van der Waals surface area (Å²) in [6.45, 7) is 2.24. The van der Waals surface area contributed by atoms with Crippen molar-refractivity contribution in [2.45, 2.75) is 71.1 Å². The summed E-state index contributed by atoms with van der Waals surface area (Å²) in [4.78, 5) is 0. The molecule has 0 heterocycles. The number of hydrogen-bond acceptors (Lipinski definition) is 4. The molecule has 0 saturated carbocycles. The highest BCUT2D eigenvalue weighted by molar-refractivity contribution is 6.02. The van der Waals surface area contributed by atoms with Crippen molar-refractivity contribution in [3.63, 3.8) is 0 Å². The number of hydrogen-bond donors (Lipinski definition) is 2. The molecule has 0 spiro atoms. The molecule has 130 valence electrons. The van der Waals surface area contributed by atoms with E-state index in [-0.39, 0.29) is 5.75 Å². The number of benzene rings is 1. The zero-order valence-corrected chi connectivity index (χ0v) is 14.6. The van der Waals surface area contributed by atoms with E-state index in [1.54, 1.807) is 25.3 Å². The lowest BCUT2D eigenvalue weighted by Gasteiger charge is -2.09. The number of ether oxygens (including phenoxy) is 1. The van der Waals surface area contributed by atoms with Gasteiger partial charge in [-0.05, 0) is 31.0 Å². The largest absolute Gasteiger partial charge is 0.507 e. The van der Waals surface area contributed by atoms with Crippen LogP contribution in [0.15, 0.2) is 23.4 Å². The molecule has 0 aliphatic heterocycles. The van der Waals surface area contributed by atoms with Crippen LogP contribution in [-0.2, 0) is 0 Å². The Morgan fingerprint density at radius 3 is 2.17 bits per heavy atom. The first-order chi connectivity index (χ1) is 11.2. The highest BCUT2D eigenvalue weighted by atomic mass is 16.5. The van der Waals surface area contributed by atoms with Crippen LogP contribution in [-0.4, -0.2) is 23.1 Å². The maximum Gasteiger partial charge on any atom is 0.125 e. The summed E-state index contributed by atoms with van der Waals surface area (Å²) in [5.41, 5.74) is 1.07. The molecule has 0 aromatic heterocycles. The van der Waals surface area contributed by atoms with Crippen molar-refractivity contribution in [1.82, 2.24) is 0 Å². The lowest BCUT2D eigenvalue weighted by Crippen LogP contribution is -2.02. The SMILES string of the molecule is CCCCCCCCCCCC(=NO)c1cc(OC)ccc1O. The van der Waals surface area contributed by atoms with Crippen LogP contribution in [0.5, 0.6) is 11.5 Å². The van der Waals surface area contributed by atoms with Gasteiger partial charge in [0.15, 0.2) is 0 Å². The lowest BCUT2D eigenvalue weighted by molar-refractivity contribution is 0.317. The van der Waals surface area contributed by atoms with Crippen molar-refractivity contribution >= 4 is 5.71 Å². The first-order valence-corrected chi connectivity index (χ1v) is 8.81. The molecule has 2 N–H and O–H groups in total. The molecule has 4 nitrogen and oxygen atoms in total. The van der Waals surface area contributed by atoms with Gasteiger partial charge in [-0.25, -0.2) is 0 Å². The third kappa shape index (κ3) is 7.40. The van der Waals surface area contributed by atoms with E-state index in [9.17, 15) is 10.3 Å². The van der Waals surface area contributed by atoms with Gasteiger partial charge in [-0.1, -0.05) is 63.4 Å². The van der Waals surface area contributed by atoms with Gasteiger partial charge in [0, 0.05) is 5.56 Å². The summed E-state index contributed by atoms with van der Waals surface area (Å²) in [5.74, 6) is 0.764. The number of phenols is 1. The zero-order valence-electron chi connectivity index (χ0n) is 14.6. The van der Waals surface area contributed by atoms with E-state index in [4.69, 9.17) is 4.74 Å². The van der Waals surface area contributed by atoms with E-state index in [0.717, 1.165) is 12.8 Å². The van der Waals surface area contributed by atoms with Gasteiger partial charge in [-0.15, -0.1) is 0 Å². The van der Waals surface area contributed by atoms with E-state index in [0.29, 0.717) is 23.4 Å². The van der Waals surface area contributed by atoms with Crippen molar-refractivity contribution in [3.8, 4) is 11.5 Å². The molecular weight excluding hydrogens is 290 g/mol. The molecule has 0 aliphatic rings. The molecule has 0 aliphatic carbocycles. The van der Waals surface area contributed by atoms with Gasteiger partial charge in [0.25, 0.3) is 0 Å². The minimum Gasteiger partial charge on any atom is -0.507 e. The molecule has 1 aromatic rings. The monoisotopic (exact) mass is 321 g/mol. The number of nitrogens with zero attached hydrogens (tertiary/aromatic N) is 1. The standard InChI is InChI=1S/C19H31NO3/c1-3-4-5-6-7-8-9-10-11-12-18(20-22)17-15-16(23-2)13-14-19(17)21/h13-15,21-22H,3-12H2,1-2H3. The van der Waals surface area contributed by atoms with Crippen LogP contribution in [0, 0.1) is 0 Å². The van der Waals surface area contributed by atoms with Crippen molar-refractivity contribution in [2.24, 2.45) is 5.16 Å². The summed E-state index contributed by atoms with van der Waals surface area (Å²) in [6.07, 6.45) is 11.9. The second-order valence-corrected chi connectivity index (χ2v) is 6.01. The summed E-state index contributed by atoms with van der Waals surface area (Å²) in [5, 5.41) is 22.5. The van der Waals surface area contributed by atoms with E-state index >= 15 is 0 Å². The normalized spacial score (nSPS) is 11.7. The number of rotatable bonds is 12. The summed E-state index contributed by atoms with van der Waals surface area (Å²) < 4.78 is 5.15. The van der Waals surface area contributed by atoms with Crippen molar-refractivity contribution in [1.29, 1.82) is 0 Å². The Kier molecular flexibility index (Phi) is 9.92. The van der Waals surface area contributed by atoms with Crippen molar-refractivity contribution in [2.75, 3.05) is 7.11 Å². The van der Waals surface area contributed by atoms with Crippen molar-refractivity contribution in [3.05, 3.63) is 23.8 Å². The molecule has 0 saturated heterocycles. The van der Waals surface area contributed by atoms with Gasteiger partial charge in [-0.2, -0.15) is 0 Å². The number of methoxy groups -OCH3 is 1. The smallest absolute Gasteiger partial charge is 0.125 e. The minimum atomic E-state index is 0.120. The van der Waals surface area contributed by atoms with Crippen molar-refractivity contribution < 1.29 is 15.1 Å². The molecule has 1 aromatic carbocycles. The average molecular weight is 321 g/mol. The van der Waals surface area contributed by atoms with Crippen LogP contribution < -0.4 is 4.74 Å². The predicted octanol–water partition coefficient (Wildman–Crippen LogP) is 5.50. The lowest BCUT2D eigenvalue weighted by atomic mass is 10.0. The highest BCUT2D eigenvalue weighted by Crippen LogP contribution is 2.25. The Morgan fingerprint density at radius 1 is 1.00 bits per heavy atom. The van der Waals surface area contributed by atoms with E-state index < -0.39 is 0 Å². The fourth-order valence-corrected chi connectivity index (χ4v) is 2.71. The molecule has 0 amide bonds. The third-order valence-corrected chi connectivity index (χ3v) is 4.15. The first-order valence-electron chi connectivity index (χ1n) is 8.81. The van der Waals surface area contributed by atoms with Crippen LogP contribution in [0.4, 0.5) is 0 Å².